The summed E-state index contributed by atoms with van der Waals surface area (Å²) in [5.41, 5.74) is 0.468. The lowest BCUT2D eigenvalue weighted by atomic mass is 10.1. The molecular weight excluding hydrogens is 294 g/mol. The van der Waals surface area contributed by atoms with Gasteiger partial charge in [-0.1, -0.05) is 6.07 Å². The van der Waals surface area contributed by atoms with E-state index in [4.69, 9.17) is 10.2 Å². The van der Waals surface area contributed by atoms with Gasteiger partial charge in [-0.2, -0.15) is 0 Å². The molecule has 0 heterocycles. The first-order valence-corrected chi connectivity index (χ1v) is 8.16. The fourth-order valence-corrected chi connectivity index (χ4v) is 3.38. The first-order chi connectivity index (χ1) is 9.80. The Morgan fingerprint density at radius 1 is 1.24 bits per heavy atom. The predicted octanol–water partition coefficient (Wildman–Crippen LogP) is 1.48. The maximum Gasteiger partial charge on any atom is 0.335 e. The molecule has 0 fully saturated rings. The minimum absolute atomic E-state index is 0.0204. The van der Waals surface area contributed by atoms with Crippen molar-refractivity contribution in [3.05, 3.63) is 29.3 Å². The second-order valence-corrected chi connectivity index (χ2v) is 6.91. The number of sulfonamides is 1. The fraction of sp³-hybridized carbons (Fsp3) is 0.500. The van der Waals surface area contributed by atoms with Gasteiger partial charge < -0.3 is 10.2 Å². The molecule has 0 unspecified atom stereocenters. The lowest BCUT2D eigenvalue weighted by Gasteiger charge is -2.18. The normalized spacial score (nSPS) is 11.8. The van der Waals surface area contributed by atoms with Gasteiger partial charge in [0.1, 0.15) is 0 Å². The van der Waals surface area contributed by atoms with Gasteiger partial charge in [0.25, 0.3) is 0 Å². The highest BCUT2D eigenvalue weighted by molar-refractivity contribution is 7.89. The van der Waals surface area contributed by atoms with Gasteiger partial charge in [0.05, 0.1) is 10.5 Å². The Labute approximate surface area is 125 Å². The minimum atomic E-state index is -3.71. The van der Waals surface area contributed by atoms with Crippen molar-refractivity contribution in [1.82, 2.24) is 4.31 Å². The van der Waals surface area contributed by atoms with E-state index in [0.29, 0.717) is 24.9 Å². The Morgan fingerprint density at radius 2 is 1.90 bits per heavy atom. The lowest BCUT2D eigenvalue weighted by Crippen LogP contribution is -2.28. The number of carbonyl (C=O) groups is 1. The Kier molecular flexibility index (Phi) is 6.32. The summed E-state index contributed by atoms with van der Waals surface area (Å²) in [6.07, 6.45) is 2.03. The van der Waals surface area contributed by atoms with E-state index in [2.05, 4.69) is 0 Å². The van der Waals surface area contributed by atoms with Crippen LogP contribution in [-0.2, 0) is 10.0 Å². The van der Waals surface area contributed by atoms with E-state index >= 15 is 0 Å². The zero-order valence-corrected chi connectivity index (χ0v) is 13.1. The van der Waals surface area contributed by atoms with Crippen LogP contribution < -0.4 is 0 Å². The molecule has 7 heteroatoms. The maximum atomic E-state index is 12.5. The molecule has 0 aliphatic rings. The van der Waals surface area contributed by atoms with Crippen LogP contribution in [0.25, 0.3) is 0 Å². The van der Waals surface area contributed by atoms with Crippen LogP contribution >= 0.6 is 0 Å². The number of aliphatic hydroxyl groups excluding tert-OH is 1. The molecule has 0 amide bonds. The quantitative estimate of drug-likeness (QED) is 0.708. The summed E-state index contributed by atoms with van der Waals surface area (Å²) in [4.78, 5) is 11.0. The van der Waals surface area contributed by atoms with Crippen molar-refractivity contribution >= 4 is 16.0 Å². The highest BCUT2D eigenvalue weighted by Gasteiger charge is 2.23. The van der Waals surface area contributed by atoms with Crippen LogP contribution in [0.4, 0.5) is 0 Å². The van der Waals surface area contributed by atoms with Gasteiger partial charge in [0.2, 0.25) is 10.0 Å². The van der Waals surface area contributed by atoms with E-state index < -0.39 is 16.0 Å². The second kappa shape index (κ2) is 7.53. The summed E-state index contributed by atoms with van der Waals surface area (Å²) in [5.74, 6) is -1.16. The smallest absolute Gasteiger partial charge is 0.335 e. The number of carboxylic acids is 1. The largest absolute Gasteiger partial charge is 0.478 e. The third kappa shape index (κ3) is 4.52. The number of hydrogen-bond donors (Lipinski definition) is 2. The van der Waals surface area contributed by atoms with E-state index in [0.717, 1.165) is 6.42 Å². The first-order valence-electron chi connectivity index (χ1n) is 6.72. The summed E-state index contributed by atoms with van der Waals surface area (Å²) in [6.45, 7) is 2.06. The molecular formula is C14H21NO5S. The monoisotopic (exact) mass is 315 g/mol. The Hall–Kier alpha value is -1.44. The van der Waals surface area contributed by atoms with Crippen molar-refractivity contribution < 1.29 is 23.4 Å². The lowest BCUT2D eigenvalue weighted by molar-refractivity contribution is 0.0696. The third-order valence-electron chi connectivity index (χ3n) is 3.25. The highest BCUT2D eigenvalue weighted by atomic mass is 32.2. The Morgan fingerprint density at radius 3 is 2.48 bits per heavy atom. The van der Waals surface area contributed by atoms with Crippen molar-refractivity contribution in [2.24, 2.45) is 0 Å². The van der Waals surface area contributed by atoms with Gasteiger partial charge in [-0.05, 0) is 43.9 Å². The molecule has 0 atom stereocenters. The number of nitrogens with zero attached hydrogens (tertiary/aromatic N) is 1. The molecule has 0 aliphatic heterocycles. The average Bonchev–Trinajstić information content (AvgIpc) is 2.43. The molecule has 1 aromatic carbocycles. The predicted molar refractivity (Wildman–Crippen MR) is 78.9 cm³/mol. The first kappa shape index (κ1) is 17.6. The molecule has 0 saturated carbocycles. The highest BCUT2D eigenvalue weighted by Crippen LogP contribution is 2.21. The zero-order valence-electron chi connectivity index (χ0n) is 12.2. The number of aryl methyl sites for hydroxylation is 1. The third-order valence-corrected chi connectivity index (χ3v) is 5.25. The molecule has 0 aromatic heterocycles. The van der Waals surface area contributed by atoms with E-state index in [1.165, 1.54) is 29.6 Å². The van der Waals surface area contributed by atoms with E-state index in [9.17, 15) is 13.2 Å². The number of hydrogen-bond acceptors (Lipinski definition) is 4. The second-order valence-electron chi connectivity index (χ2n) is 4.90. The van der Waals surface area contributed by atoms with E-state index in [1.807, 2.05) is 0 Å². The molecule has 0 bridgehead atoms. The number of carboxylic acid groups (broad SMARTS) is 1. The van der Waals surface area contributed by atoms with Gasteiger partial charge in [0, 0.05) is 20.2 Å². The molecule has 0 spiro atoms. The zero-order chi connectivity index (χ0) is 16.0. The van der Waals surface area contributed by atoms with Crippen molar-refractivity contribution in [1.29, 1.82) is 0 Å². The van der Waals surface area contributed by atoms with Crippen LogP contribution in [0.1, 0.15) is 35.2 Å². The number of aliphatic hydroxyl groups is 1. The van der Waals surface area contributed by atoms with E-state index in [1.54, 1.807) is 6.92 Å². The van der Waals surface area contributed by atoms with Gasteiger partial charge in [0.15, 0.2) is 0 Å². The summed E-state index contributed by atoms with van der Waals surface area (Å²) >= 11 is 0. The van der Waals surface area contributed by atoms with Crippen molar-refractivity contribution in [2.45, 2.75) is 31.1 Å². The molecule has 21 heavy (non-hydrogen) atoms. The topological polar surface area (TPSA) is 94.9 Å². The molecule has 0 saturated heterocycles. The summed E-state index contributed by atoms with van der Waals surface area (Å²) in [7, 11) is -2.23. The van der Waals surface area contributed by atoms with E-state index in [-0.39, 0.29) is 17.1 Å². The van der Waals surface area contributed by atoms with Crippen LogP contribution in [-0.4, -0.2) is 49.1 Å². The van der Waals surface area contributed by atoms with Crippen LogP contribution in [0, 0.1) is 6.92 Å². The maximum absolute atomic E-state index is 12.5. The molecule has 2 N–H and O–H groups in total. The standard InChI is InChI=1S/C14H21NO5S/c1-11-6-7-12(14(17)18)10-13(11)21(19,20)15(2)8-4-3-5-9-16/h6-7,10,16H,3-5,8-9H2,1-2H3,(H,17,18). The summed E-state index contributed by atoms with van der Waals surface area (Å²) in [6, 6.07) is 4.07. The van der Waals surface area contributed by atoms with Crippen molar-refractivity contribution in [3.63, 3.8) is 0 Å². The van der Waals surface area contributed by atoms with Gasteiger partial charge in [-0.3, -0.25) is 0 Å². The Bertz CT molecular complexity index is 597. The van der Waals surface area contributed by atoms with Gasteiger partial charge in [-0.25, -0.2) is 17.5 Å². The summed E-state index contributed by atoms with van der Waals surface area (Å²) < 4.78 is 26.2. The number of benzene rings is 1. The summed E-state index contributed by atoms with van der Waals surface area (Å²) in [5, 5.41) is 17.7. The number of rotatable bonds is 8. The minimum Gasteiger partial charge on any atom is -0.478 e. The molecule has 0 radical (unpaired) electrons. The average molecular weight is 315 g/mol. The Balaban J connectivity index is 2.96. The van der Waals surface area contributed by atoms with Crippen LogP contribution in [0.15, 0.2) is 23.1 Å². The number of aromatic carboxylic acids is 1. The fourth-order valence-electron chi connectivity index (χ4n) is 1.92. The molecule has 1 rings (SSSR count). The van der Waals surface area contributed by atoms with Crippen molar-refractivity contribution in [3.8, 4) is 0 Å². The van der Waals surface area contributed by atoms with Crippen molar-refractivity contribution in [2.75, 3.05) is 20.2 Å². The molecule has 118 valence electrons. The number of unbranched alkanes of at least 4 members (excludes halogenated alkanes) is 2. The molecule has 6 nitrogen and oxygen atoms in total. The van der Waals surface area contributed by atoms with Gasteiger partial charge >= 0.3 is 5.97 Å². The SMILES string of the molecule is Cc1ccc(C(=O)O)cc1S(=O)(=O)N(C)CCCCCO. The van der Waals surface area contributed by atoms with Gasteiger partial charge in [-0.15, -0.1) is 0 Å². The molecule has 1 aromatic rings. The van der Waals surface area contributed by atoms with Crippen LogP contribution in [0.2, 0.25) is 0 Å². The van der Waals surface area contributed by atoms with Crippen LogP contribution in [0.3, 0.4) is 0 Å². The van der Waals surface area contributed by atoms with Crippen LogP contribution in [0.5, 0.6) is 0 Å². The molecule has 0 aliphatic carbocycles.